The van der Waals surface area contributed by atoms with Gasteiger partial charge in [0.1, 0.15) is 6.61 Å². The average Bonchev–Trinajstić information content (AvgIpc) is 2.88. The van der Waals surface area contributed by atoms with Crippen LogP contribution in [0.25, 0.3) is 0 Å². The molecule has 4 N–H and O–H groups in total. The lowest BCUT2D eigenvalue weighted by atomic mass is 9.97. The quantitative estimate of drug-likeness (QED) is 0.532. The smallest absolute Gasteiger partial charge is 0.248 e. The van der Waals surface area contributed by atoms with E-state index < -0.39 is 5.91 Å². The normalized spacial score (nSPS) is 14.8. The van der Waals surface area contributed by atoms with Crippen molar-refractivity contribution in [3.8, 4) is 11.8 Å². The minimum Gasteiger partial charge on any atom is -0.485 e. The molecule has 0 saturated carbocycles. The van der Waals surface area contributed by atoms with Crippen LogP contribution in [0.2, 0.25) is 0 Å². The number of amides is 1. The number of morpholine rings is 1. The topological polar surface area (TPSA) is 127 Å². The van der Waals surface area contributed by atoms with E-state index in [-0.39, 0.29) is 12.6 Å². The number of nitrogens with zero attached hydrogens (tertiary/aromatic N) is 3. The number of rotatable bonds is 8. The van der Waals surface area contributed by atoms with Gasteiger partial charge in [0.25, 0.3) is 0 Å². The van der Waals surface area contributed by atoms with Crippen LogP contribution >= 0.6 is 0 Å². The Morgan fingerprint density at radius 2 is 1.91 bits per heavy atom. The Bertz CT molecular complexity index is 1180. The summed E-state index contributed by atoms with van der Waals surface area (Å²) in [5.41, 5.74) is 15.4. The van der Waals surface area contributed by atoms with Gasteiger partial charge in [0.15, 0.2) is 11.6 Å². The van der Waals surface area contributed by atoms with Crippen molar-refractivity contribution in [3.63, 3.8) is 0 Å². The summed E-state index contributed by atoms with van der Waals surface area (Å²) in [7, 11) is 0. The van der Waals surface area contributed by atoms with Gasteiger partial charge in [-0.05, 0) is 41.8 Å². The van der Waals surface area contributed by atoms with E-state index in [4.69, 9.17) is 20.9 Å². The highest BCUT2D eigenvalue weighted by molar-refractivity contribution is 5.92. The van der Waals surface area contributed by atoms with Crippen LogP contribution in [0.1, 0.15) is 38.7 Å². The van der Waals surface area contributed by atoms with Crippen LogP contribution in [-0.4, -0.2) is 42.1 Å². The molecule has 2 heterocycles. The van der Waals surface area contributed by atoms with Crippen molar-refractivity contribution >= 4 is 11.7 Å². The van der Waals surface area contributed by atoms with E-state index >= 15 is 0 Å². The lowest BCUT2D eigenvalue weighted by Gasteiger charge is -2.35. The number of ether oxygens (including phenoxy) is 2. The van der Waals surface area contributed by atoms with Crippen molar-refractivity contribution < 1.29 is 14.3 Å². The second-order valence-corrected chi connectivity index (χ2v) is 8.14. The van der Waals surface area contributed by atoms with Gasteiger partial charge in [-0.25, -0.2) is 4.98 Å². The first-order valence-electron chi connectivity index (χ1n) is 11.1. The molecular weight excluding hydrogens is 430 g/mol. The SMILES string of the molecule is N#Cc1ccccc1COc1cc(C(Cc2ccc(C(N)=O)cc2)N2CCOCC2)cnc1N. The summed E-state index contributed by atoms with van der Waals surface area (Å²) in [5.74, 6) is 0.330. The van der Waals surface area contributed by atoms with Crippen molar-refractivity contribution in [3.05, 3.63) is 88.6 Å². The molecule has 1 unspecified atom stereocenters. The minimum atomic E-state index is -0.446. The lowest BCUT2D eigenvalue weighted by molar-refractivity contribution is 0.0159. The van der Waals surface area contributed by atoms with Gasteiger partial charge in [-0.3, -0.25) is 9.69 Å². The van der Waals surface area contributed by atoms with Crippen LogP contribution in [0.15, 0.2) is 60.8 Å². The summed E-state index contributed by atoms with van der Waals surface area (Å²) < 4.78 is 11.6. The van der Waals surface area contributed by atoms with Crippen molar-refractivity contribution in [1.82, 2.24) is 9.88 Å². The van der Waals surface area contributed by atoms with Crippen LogP contribution in [0.3, 0.4) is 0 Å². The number of nitrogen functional groups attached to an aromatic ring is 1. The van der Waals surface area contributed by atoms with Gasteiger partial charge in [0.2, 0.25) is 5.91 Å². The predicted octanol–water partition coefficient (Wildman–Crippen LogP) is 2.83. The Hall–Kier alpha value is -3.93. The Morgan fingerprint density at radius 3 is 2.62 bits per heavy atom. The zero-order chi connectivity index (χ0) is 23.9. The summed E-state index contributed by atoms with van der Waals surface area (Å²) in [4.78, 5) is 18.2. The molecule has 1 amide bonds. The maximum absolute atomic E-state index is 11.4. The molecule has 0 radical (unpaired) electrons. The van der Waals surface area contributed by atoms with Crippen molar-refractivity contribution in [1.29, 1.82) is 5.26 Å². The second kappa shape index (κ2) is 10.8. The van der Waals surface area contributed by atoms with E-state index in [2.05, 4.69) is 16.0 Å². The molecule has 1 aromatic heterocycles. The molecule has 1 atom stereocenters. The van der Waals surface area contributed by atoms with Gasteiger partial charge >= 0.3 is 0 Å². The van der Waals surface area contributed by atoms with Gasteiger partial charge in [0, 0.05) is 36.5 Å². The molecule has 2 aromatic carbocycles. The van der Waals surface area contributed by atoms with Crippen molar-refractivity contribution in [2.45, 2.75) is 19.1 Å². The fraction of sp³-hybridized carbons (Fsp3) is 0.269. The first kappa shape index (κ1) is 23.2. The lowest BCUT2D eigenvalue weighted by Crippen LogP contribution is -2.40. The first-order chi connectivity index (χ1) is 16.5. The number of aromatic nitrogens is 1. The summed E-state index contributed by atoms with van der Waals surface area (Å²) in [5, 5.41) is 9.34. The van der Waals surface area contributed by atoms with Crippen LogP contribution in [0.4, 0.5) is 5.82 Å². The second-order valence-electron chi connectivity index (χ2n) is 8.14. The molecule has 174 valence electrons. The molecule has 8 nitrogen and oxygen atoms in total. The Kier molecular flexibility index (Phi) is 7.38. The van der Waals surface area contributed by atoms with E-state index in [1.165, 1.54) is 0 Å². The standard InChI is InChI=1S/C26H27N5O3/c27-15-20-3-1-2-4-21(20)17-34-24-14-22(16-30-25(24)28)23(31-9-11-33-12-10-31)13-18-5-7-19(8-6-18)26(29)32/h1-8,14,16,23H,9-13,17H2,(H2,28,30)(H2,29,32). The Labute approximate surface area is 198 Å². The molecule has 0 bridgehead atoms. The fourth-order valence-electron chi connectivity index (χ4n) is 4.05. The fourth-order valence-corrected chi connectivity index (χ4v) is 4.05. The van der Waals surface area contributed by atoms with Crippen LogP contribution in [0, 0.1) is 11.3 Å². The number of nitrogens with two attached hydrogens (primary N) is 2. The Morgan fingerprint density at radius 1 is 1.18 bits per heavy atom. The van der Waals surface area contributed by atoms with Crippen LogP contribution in [0.5, 0.6) is 5.75 Å². The molecule has 3 aromatic rings. The van der Waals surface area contributed by atoms with Gasteiger partial charge in [-0.15, -0.1) is 0 Å². The van der Waals surface area contributed by atoms with E-state index in [1.54, 1.807) is 24.4 Å². The molecule has 34 heavy (non-hydrogen) atoms. The monoisotopic (exact) mass is 457 g/mol. The third-order valence-corrected chi connectivity index (χ3v) is 5.96. The molecule has 0 spiro atoms. The van der Waals surface area contributed by atoms with Crippen LogP contribution in [-0.2, 0) is 17.8 Å². The maximum atomic E-state index is 11.4. The molecule has 1 fully saturated rings. The Balaban J connectivity index is 1.59. The third kappa shape index (κ3) is 5.52. The summed E-state index contributed by atoms with van der Waals surface area (Å²) in [6, 6.07) is 18.8. The van der Waals surface area contributed by atoms with Crippen molar-refractivity contribution in [2.75, 3.05) is 32.0 Å². The molecule has 1 aliphatic heterocycles. The highest BCUT2D eigenvalue weighted by Gasteiger charge is 2.24. The van der Waals surface area contributed by atoms with E-state index in [9.17, 15) is 10.1 Å². The average molecular weight is 458 g/mol. The molecule has 4 rings (SSSR count). The molecule has 8 heteroatoms. The third-order valence-electron chi connectivity index (χ3n) is 5.96. The molecular formula is C26H27N5O3. The number of hydrogen-bond donors (Lipinski definition) is 2. The number of hydrogen-bond acceptors (Lipinski definition) is 7. The molecule has 1 aliphatic rings. The molecule has 1 saturated heterocycles. The van der Waals surface area contributed by atoms with Crippen LogP contribution < -0.4 is 16.2 Å². The number of benzene rings is 2. The largest absolute Gasteiger partial charge is 0.485 e. The number of nitriles is 1. The number of primary amides is 1. The number of carbonyl (C=O) groups is 1. The van der Waals surface area contributed by atoms with E-state index in [0.717, 1.165) is 29.8 Å². The number of pyridine rings is 1. The van der Waals surface area contributed by atoms with E-state index in [1.807, 2.05) is 36.4 Å². The van der Waals surface area contributed by atoms with Gasteiger partial charge < -0.3 is 20.9 Å². The van der Waals surface area contributed by atoms with Gasteiger partial charge in [0.05, 0.1) is 24.8 Å². The zero-order valence-corrected chi connectivity index (χ0v) is 18.8. The van der Waals surface area contributed by atoms with Gasteiger partial charge in [-0.1, -0.05) is 30.3 Å². The summed E-state index contributed by atoms with van der Waals surface area (Å²) in [6.07, 6.45) is 2.49. The van der Waals surface area contributed by atoms with Gasteiger partial charge in [-0.2, -0.15) is 5.26 Å². The molecule has 0 aliphatic carbocycles. The first-order valence-corrected chi connectivity index (χ1v) is 11.1. The number of anilines is 1. The highest BCUT2D eigenvalue weighted by Crippen LogP contribution is 2.31. The van der Waals surface area contributed by atoms with E-state index in [0.29, 0.717) is 42.3 Å². The minimum absolute atomic E-state index is 0.0187. The maximum Gasteiger partial charge on any atom is 0.248 e. The predicted molar refractivity (Wildman–Crippen MR) is 128 cm³/mol. The number of carbonyl (C=O) groups excluding carboxylic acids is 1. The zero-order valence-electron chi connectivity index (χ0n) is 18.8. The van der Waals surface area contributed by atoms with Crippen molar-refractivity contribution in [2.24, 2.45) is 5.73 Å². The summed E-state index contributed by atoms with van der Waals surface area (Å²) >= 11 is 0. The highest BCUT2D eigenvalue weighted by atomic mass is 16.5. The summed E-state index contributed by atoms with van der Waals surface area (Å²) in [6.45, 7) is 3.12.